The first-order valence-electron chi connectivity index (χ1n) is 8.15. The van der Waals surface area contributed by atoms with E-state index in [1.165, 1.54) is 0 Å². The van der Waals surface area contributed by atoms with Crippen molar-refractivity contribution in [2.24, 2.45) is 0 Å². The van der Waals surface area contributed by atoms with Gasteiger partial charge in [0.15, 0.2) is 0 Å². The topological polar surface area (TPSA) is 56.5 Å². The third-order valence-corrected chi connectivity index (χ3v) is 4.35. The third kappa shape index (κ3) is 2.96. The van der Waals surface area contributed by atoms with Crippen LogP contribution in [-0.4, -0.2) is 26.9 Å². The predicted molar refractivity (Wildman–Crippen MR) is 95.7 cm³/mol. The Bertz CT molecular complexity index is 1070. The Labute approximate surface area is 144 Å². The lowest BCUT2D eigenvalue weighted by molar-refractivity contribution is 0.0508. The van der Waals surface area contributed by atoms with E-state index in [2.05, 4.69) is 9.97 Å². The van der Waals surface area contributed by atoms with Crippen molar-refractivity contribution in [3.63, 3.8) is 0 Å². The Hall–Kier alpha value is -3.21. The van der Waals surface area contributed by atoms with Crippen molar-refractivity contribution in [2.45, 2.75) is 13.3 Å². The van der Waals surface area contributed by atoms with Gasteiger partial charge in [0.1, 0.15) is 0 Å². The van der Waals surface area contributed by atoms with E-state index in [1.807, 2.05) is 47.7 Å². The van der Waals surface area contributed by atoms with Gasteiger partial charge in [-0.1, -0.05) is 18.2 Å². The van der Waals surface area contributed by atoms with Gasteiger partial charge in [-0.15, -0.1) is 0 Å². The number of benzene rings is 1. The van der Waals surface area contributed by atoms with Crippen molar-refractivity contribution in [3.05, 3.63) is 78.0 Å². The number of carbonyl (C=O) groups is 1. The number of hydrogen-bond donors (Lipinski definition) is 0. The van der Waals surface area contributed by atoms with Gasteiger partial charge in [0.05, 0.1) is 35.7 Å². The second-order valence-corrected chi connectivity index (χ2v) is 5.94. The average Bonchev–Trinajstić information content (AvgIpc) is 3.11. The monoisotopic (exact) mass is 331 g/mol. The molecule has 0 bridgehead atoms. The van der Waals surface area contributed by atoms with Gasteiger partial charge in [-0.2, -0.15) is 0 Å². The summed E-state index contributed by atoms with van der Waals surface area (Å²) in [5, 5.41) is 1.10. The van der Waals surface area contributed by atoms with E-state index in [4.69, 9.17) is 4.74 Å². The number of rotatable bonds is 4. The normalized spacial score (nSPS) is 11.1. The number of nitrogens with zero attached hydrogens (tertiary/aromatic N) is 3. The Morgan fingerprint density at radius 2 is 2.12 bits per heavy atom. The number of pyridine rings is 2. The molecule has 5 nitrogen and oxygen atoms in total. The second-order valence-electron chi connectivity index (χ2n) is 5.94. The van der Waals surface area contributed by atoms with E-state index < -0.39 is 0 Å². The summed E-state index contributed by atoms with van der Waals surface area (Å²) in [5.74, 6) is -0.313. The molecule has 5 heteroatoms. The van der Waals surface area contributed by atoms with Crippen molar-refractivity contribution >= 4 is 22.4 Å². The maximum Gasteiger partial charge on any atom is 0.339 e. The molecule has 0 radical (unpaired) electrons. The smallest absolute Gasteiger partial charge is 0.339 e. The van der Waals surface area contributed by atoms with E-state index in [-0.39, 0.29) is 5.97 Å². The first-order valence-corrected chi connectivity index (χ1v) is 8.15. The van der Waals surface area contributed by atoms with Gasteiger partial charge < -0.3 is 9.14 Å². The van der Waals surface area contributed by atoms with Crippen LogP contribution in [0.5, 0.6) is 0 Å². The van der Waals surface area contributed by atoms with Crippen LogP contribution in [0.15, 0.2) is 61.2 Å². The first kappa shape index (κ1) is 15.3. The number of esters is 1. The number of aryl methyl sites for hydroxylation is 1. The van der Waals surface area contributed by atoms with Crippen LogP contribution in [0, 0.1) is 6.92 Å². The van der Waals surface area contributed by atoms with Gasteiger partial charge in [-0.25, -0.2) is 9.78 Å². The van der Waals surface area contributed by atoms with Crippen molar-refractivity contribution in [2.75, 3.05) is 6.61 Å². The van der Waals surface area contributed by atoms with Crippen LogP contribution >= 0.6 is 0 Å². The summed E-state index contributed by atoms with van der Waals surface area (Å²) in [6.45, 7) is 2.22. The second kappa shape index (κ2) is 6.36. The predicted octanol–water partition coefficient (Wildman–Crippen LogP) is 3.59. The molecule has 1 aromatic carbocycles. The van der Waals surface area contributed by atoms with Crippen molar-refractivity contribution < 1.29 is 9.53 Å². The van der Waals surface area contributed by atoms with Crippen LogP contribution in [0.4, 0.5) is 0 Å². The van der Waals surface area contributed by atoms with E-state index in [0.29, 0.717) is 18.6 Å². The number of hydrogen-bond acceptors (Lipinski definition) is 4. The summed E-state index contributed by atoms with van der Waals surface area (Å²) in [6, 6.07) is 13.7. The van der Waals surface area contributed by atoms with E-state index in [0.717, 1.165) is 27.7 Å². The van der Waals surface area contributed by atoms with E-state index in [1.54, 1.807) is 24.8 Å². The molecule has 0 unspecified atom stereocenters. The molecule has 0 aliphatic rings. The molecule has 0 aliphatic carbocycles. The molecule has 4 rings (SSSR count). The molecular formula is C20H17N3O2. The summed E-state index contributed by atoms with van der Waals surface area (Å²) < 4.78 is 7.34. The number of imidazole rings is 1. The minimum absolute atomic E-state index is 0.313. The molecule has 0 spiro atoms. The molecule has 25 heavy (non-hydrogen) atoms. The summed E-state index contributed by atoms with van der Waals surface area (Å²) in [6.07, 6.45) is 5.89. The third-order valence-electron chi connectivity index (χ3n) is 4.35. The number of aromatic nitrogens is 3. The maximum atomic E-state index is 12.4. The molecule has 4 aromatic rings. The van der Waals surface area contributed by atoms with Crippen LogP contribution in [0.1, 0.15) is 21.6 Å². The van der Waals surface area contributed by atoms with Crippen LogP contribution in [0.2, 0.25) is 0 Å². The van der Waals surface area contributed by atoms with Gasteiger partial charge in [-0.3, -0.25) is 4.98 Å². The molecule has 0 atom stereocenters. The van der Waals surface area contributed by atoms with Gasteiger partial charge in [-0.05, 0) is 36.8 Å². The fourth-order valence-electron chi connectivity index (χ4n) is 2.95. The molecule has 0 aliphatic heterocycles. The zero-order valence-electron chi connectivity index (χ0n) is 13.8. The van der Waals surface area contributed by atoms with Crippen LogP contribution in [0.3, 0.4) is 0 Å². The Morgan fingerprint density at radius 3 is 3.04 bits per heavy atom. The lowest BCUT2D eigenvalue weighted by Gasteiger charge is -2.09. The molecule has 0 N–H and O–H groups in total. The Morgan fingerprint density at radius 1 is 1.20 bits per heavy atom. The van der Waals surface area contributed by atoms with Gasteiger partial charge in [0, 0.05) is 23.7 Å². The summed E-state index contributed by atoms with van der Waals surface area (Å²) in [5.41, 5.74) is 4.40. The zero-order chi connectivity index (χ0) is 17.2. The lowest BCUT2D eigenvalue weighted by Crippen LogP contribution is -2.11. The van der Waals surface area contributed by atoms with Crippen LogP contribution in [-0.2, 0) is 11.2 Å². The fourth-order valence-corrected chi connectivity index (χ4v) is 2.95. The van der Waals surface area contributed by atoms with Gasteiger partial charge in [0.25, 0.3) is 0 Å². The minimum atomic E-state index is -0.313. The molecule has 124 valence electrons. The highest BCUT2D eigenvalue weighted by Gasteiger charge is 2.13. The van der Waals surface area contributed by atoms with Gasteiger partial charge in [0.2, 0.25) is 0 Å². The first-order chi connectivity index (χ1) is 12.2. The summed E-state index contributed by atoms with van der Waals surface area (Å²) >= 11 is 0. The zero-order valence-corrected chi connectivity index (χ0v) is 13.8. The highest BCUT2D eigenvalue weighted by molar-refractivity contribution is 5.91. The van der Waals surface area contributed by atoms with E-state index in [9.17, 15) is 4.79 Å². The minimum Gasteiger partial charge on any atom is -0.462 e. The maximum absolute atomic E-state index is 12.4. The van der Waals surface area contributed by atoms with Crippen molar-refractivity contribution in [1.82, 2.24) is 14.4 Å². The van der Waals surface area contributed by atoms with Crippen molar-refractivity contribution in [3.8, 4) is 0 Å². The number of ether oxygens (including phenoxy) is 1. The quantitative estimate of drug-likeness (QED) is 0.536. The molecule has 0 saturated heterocycles. The highest BCUT2D eigenvalue weighted by atomic mass is 16.5. The number of fused-ring (bicyclic) bond motifs is 2. The largest absolute Gasteiger partial charge is 0.462 e. The summed E-state index contributed by atoms with van der Waals surface area (Å²) in [7, 11) is 0. The van der Waals surface area contributed by atoms with Crippen molar-refractivity contribution in [1.29, 1.82) is 0 Å². The Kier molecular flexibility index (Phi) is 3.90. The fraction of sp³-hybridized carbons (Fsp3) is 0.150. The van der Waals surface area contributed by atoms with E-state index >= 15 is 0 Å². The van der Waals surface area contributed by atoms with Gasteiger partial charge >= 0.3 is 5.97 Å². The lowest BCUT2D eigenvalue weighted by atomic mass is 10.1. The molecule has 0 saturated carbocycles. The molecule has 0 amide bonds. The summed E-state index contributed by atoms with van der Waals surface area (Å²) in [4.78, 5) is 20.8. The SMILES string of the molecule is Cc1c(C(=O)OCCc2ccc3cccnc3c2)ccc2cncn12. The average molecular weight is 331 g/mol. The van der Waals surface area contributed by atoms with Crippen LogP contribution in [0.25, 0.3) is 16.4 Å². The van der Waals surface area contributed by atoms with Crippen LogP contribution < -0.4 is 0 Å². The number of carbonyl (C=O) groups excluding carboxylic acids is 1. The Balaban J connectivity index is 1.44. The standard InChI is InChI=1S/C20H17N3O2/c1-14-18(7-6-17-12-21-13-23(14)17)20(24)25-10-8-15-4-5-16-3-2-9-22-19(16)11-15/h2-7,9,11-13H,8,10H2,1H3. The highest BCUT2D eigenvalue weighted by Crippen LogP contribution is 2.15. The molecule has 3 heterocycles. The molecule has 0 fully saturated rings. The molecular weight excluding hydrogens is 314 g/mol. The molecule has 3 aromatic heterocycles.